The maximum atomic E-state index is 10.2. The summed E-state index contributed by atoms with van der Waals surface area (Å²) < 4.78 is 0. The number of phenolic OH excluding ortho intramolecular Hbond substituents is 1. The first kappa shape index (κ1) is 19.4. The van der Waals surface area contributed by atoms with Crippen LogP contribution in [0.15, 0.2) is 67.0 Å². The highest BCUT2D eigenvalue weighted by Gasteiger charge is 2.07. The molecule has 2 aromatic rings. The number of benzene rings is 2. The molecule has 138 valence electrons. The number of phenols is 1. The molecule has 0 spiro atoms. The lowest BCUT2D eigenvalue weighted by molar-refractivity contribution is -0.137. The van der Waals surface area contributed by atoms with Crippen LogP contribution >= 0.6 is 0 Å². The van der Waals surface area contributed by atoms with Gasteiger partial charge in [-0.2, -0.15) is 0 Å². The van der Waals surface area contributed by atoms with E-state index in [2.05, 4.69) is 59.6 Å². The van der Waals surface area contributed by atoms with E-state index in [4.69, 9.17) is 10.2 Å². The van der Waals surface area contributed by atoms with E-state index in [9.17, 15) is 4.79 Å². The average Bonchev–Trinajstić information content (AvgIpc) is 3.01. The van der Waals surface area contributed by atoms with Crippen molar-refractivity contribution < 1.29 is 15.0 Å². The molecule has 5 nitrogen and oxygen atoms in total. The van der Waals surface area contributed by atoms with Gasteiger partial charge in [-0.05, 0) is 36.1 Å². The summed E-state index contributed by atoms with van der Waals surface area (Å²) in [5.74, 6) is -0.548. The zero-order valence-corrected chi connectivity index (χ0v) is 15.1. The Morgan fingerprint density at radius 1 is 1.04 bits per heavy atom. The van der Waals surface area contributed by atoms with Crippen molar-refractivity contribution in [3.8, 4) is 5.75 Å². The molecule has 0 unspecified atom stereocenters. The lowest BCUT2D eigenvalue weighted by atomic mass is 10.1. The lowest BCUT2D eigenvalue weighted by Crippen LogP contribution is -2.21. The van der Waals surface area contributed by atoms with E-state index in [1.165, 1.54) is 5.56 Å². The van der Waals surface area contributed by atoms with Gasteiger partial charge in [-0.25, -0.2) is 0 Å². The van der Waals surface area contributed by atoms with Crippen molar-refractivity contribution in [1.82, 2.24) is 9.80 Å². The molecule has 1 aliphatic heterocycles. The van der Waals surface area contributed by atoms with Gasteiger partial charge < -0.3 is 20.0 Å². The Labute approximate surface area is 154 Å². The van der Waals surface area contributed by atoms with Crippen molar-refractivity contribution in [3.63, 3.8) is 0 Å². The molecule has 0 bridgehead atoms. The van der Waals surface area contributed by atoms with Crippen LogP contribution in [0.2, 0.25) is 0 Å². The molecule has 0 aromatic heterocycles. The molecule has 1 aliphatic rings. The molecule has 3 rings (SSSR count). The molecule has 2 N–H and O–H groups in total. The largest absolute Gasteiger partial charge is 0.508 e. The first-order valence-electron chi connectivity index (χ1n) is 8.69. The van der Waals surface area contributed by atoms with Gasteiger partial charge in [0.15, 0.2) is 0 Å². The molecule has 2 aromatic carbocycles. The Balaban J connectivity index is 0.000000187. The monoisotopic (exact) mass is 354 g/mol. The summed E-state index contributed by atoms with van der Waals surface area (Å²) in [6, 6.07) is 17.4. The van der Waals surface area contributed by atoms with E-state index in [0.29, 0.717) is 12.8 Å². The van der Waals surface area contributed by atoms with E-state index in [1.54, 1.807) is 18.2 Å². The third kappa shape index (κ3) is 7.30. The molecule has 0 aliphatic carbocycles. The summed E-state index contributed by atoms with van der Waals surface area (Å²) in [5, 5.41) is 17.5. The van der Waals surface area contributed by atoms with E-state index >= 15 is 0 Å². The number of rotatable bonds is 6. The summed E-state index contributed by atoms with van der Waals surface area (Å²) >= 11 is 0. The second kappa shape index (κ2) is 10.1. The van der Waals surface area contributed by atoms with Gasteiger partial charge in [0.05, 0.1) is 6.67 Å². The molecule has 0 fully saturated rings. The van der Waals surface area contributed by atoms with Crippen LogP contribution < -0.4 is 0 Å². The molecule has 0 radical (unpaired) electrons. The van der Waals surface area contributed by atoms with Crippen molar-refractivity contribution in [2.45, 2.75) is 25.8 Å². The minimum absolute atomic E-state index is 0.176. The van der Waals surface area contributed by atoms with E-state index in [-0.39, 0.29) is 12.2 Å². The summed E-state index contributed by atoms with van der Waals surface area (Å²) in [5.41, 5.74) is 2.34. The number of aryl methyl sites for hydroxylation is 1. The number of nitrogens with zero attached hydrogens (tertiary/aromatic N) is 2. The van der Waals surface area contributed by atoms with Crippen LogP contribution in [0.4, 0.5) is 0 Å². The van der Waals surface area contributed by atoms with Crippen LogP contribution in [0.1, 0.15) is 24.0 Å². The fraction of sp³-hybridized carbons (Fsp3) is 0.286. The van der Waals surface area contributed by atoms with Crippen molar-refractivity contribution in [2.24, 2.45) is 0 Å². The molecule has 1 heterocycles. The Hall–Kier alpha value is -2.95. The van der Waals surface area contributed by atoms with E-state index in [0.717, 1.165) is 18.8 Å². The highest BCUT2D eigenvalue weighted by molar-refractivity contribution is 5.66. The molecule has 0 saturated carbocycles. The fourth-order valence-corrected chi connectivity index (χ4v) is 2.67. The standard InChI is InChI=1S/C11H14N2.C10H12O3/c1-12-7-8-13(10-12)9-11-5-3-2-4-6-11;11-9-5-1-3-8(7-9)4-2-6-10(12)13/h2-8H,9-10H2,1H3;1,3,5,7,11H,2,4,6H2,(H,12,13). The Morgan fingerprint density at radius 2 is 1.77 bits per heavy atom. The Kier molecular flexibility index (Phi) is 7.55. The summed E-state index contributed by atoms with van der Waals surface area (Å²) in [6.45, 7) is 2.00. The van der Waals surface area contributed by atoms with Gasteiger partial charge in [-0.3, -0.25) is 4.79 Å². The van der Waals surface area contributed by atoms with Gasteiger partial charge in [0.2, 0.25) is 0 Å². The summed E-state index contributed by atoms with van der Waals surface area (Å²) in [4.78, 5) is 14.7. The van der Waals surface area contributed by atoms with Crippen LogP contribution in [0.3, 0.4) is 0 Å². The molecule has 0 atom stereocenters. The van der Waals surface area contributed by atoms with Gasteiger partial charge in [0.25, 0.3) is 0 Å². The van der Waals surface area contributed by atoms with Crippen LogP contribution in [0.5, 0.6) is 5.75 Å². The van der Waals surface area contributed by atoms with Crippen LogP contribution in [0.25, 0.3) is 0 Å². The Bertz CT molecular complexity index is 716. The first-order chi connectivity index (χ1) is 12.5. The predicted octanol–water partition coefficient (Wildman–Crippen LogP) is 3.66. The fourth-order valence-electron chi connectivity index (χ4n) is 2.67. The van der Waals surface area contributed by atoms with Gasteiger partial charge in [-0.1, -0.05) is 42.5 Å². The van der Waals surface area contributed by atoms with Crippen molar-refractivity contribution in [1.29, 1.82) is 0 Å². The highest BCUT2D eigenvalue weighted by Crippen LogP contribution is 2.13. The van der Waals surface area contributed by atoms with E-state index < -0.39 is 5.97 Å². The molecular formula is C21H26N2O3. The third-order valence-corrected chi connectivity index (χ3v) is 3.93. The zero-order valence-electron chi connectivity index (χ0n) is 15.1. The van der Waals surface area contributed by atoms with Gasteiger partial charge >= 0.3 is 5.97 Å². The van der Waals surface area contributed by atoms with Crippen molar-refractivity contribution >= 4 is 5.97 Å². The van der Waals surface area contributed by atoms with Crippen molar-refractivity contribution in [3.05, 3.63) is 78.1 Å². The number of carboxylic acids is 1. The lowest BCUT2D eigenvalue weighted by Gasteiger charge is -2.17. The highest BCUT2D eigenvalue weighted by atomic mass is 16.4. The predicted molar refractivity (Wildman–Crippen MR) is 102 cm³/mol. The molecule has 0 saturated heterocycles. The minimum atomic E-state index is -0.778. The quantitative estimate of drug-likeness (QED) is 0.829. The zero-order chi connectivity index (χ0) is 18.8. The minimum Gasteiger partial charge on any atom is -0.508 e. The number of aliphatic carboxylic acids is 1. The van der Waals surface area contributed by atoms with Crippen LogP contribution in [-0.2, 0) is 17.8 Å². The number of carbonyl (C=O) groups is 1. The number of hydrogen-bond acceptors (Lipinski definition) is 4. The van der Waals surface area contributed by atoms with Crippen LogP contribution in [-0.4, -0.2) is 39.7 Å². The number of carboxylic acid groups (broad SMARTS) is 1. The maximum absolute atomic E-state index is 10.2. The molecular weight excluding hydrogens is 328 g/mol. The van der Waals surface area contributed by atoms with Gasteiger partial charge in [0, 0.05) is 32.4 Å². The molecule has 0 amide bonds. The second-order valence-electron chi connectivity index (χ2n) is 6.35. The van der Waals surface area contributed by atoms with Crippen LogP contribution in [0, 0.1) is 0 Å². The number of aromatic hydroxyl groups is 1. The van der Waals surface area contributed by atoms with Gasteiger partial charge in [0.1, 0.15) is 5.75 Å². The normalized spacial score (nSPS) is 12.7. The summed E-state index contributed by atoms with van der Waals surface area (Å²) in [6.07, 6.45) is 5.71. The smallest absolute Gasteiger partial charge is 0.303 e. The van der Waals surface area contributed by atoms with Gasteiger partial charge in [-0.15, -0.1) is 0 Å². The third-order valence-electron chi connectivity index (χ3n) is 3.93. The topological polar surface area (TPSA) is 64.0 Å². The molecule has 26 heavy (non-hydrogen) atoms. The van der Waals surface area contributed by atoms with E-state index in [1.807, 2.05) is 6.07 Å². The van der Waals surface area contributed by atoms with Crippen molar-refractivity contribution in [2.75, 3.05) is 13.7 Å². The second-order valence-corrected chi connectivity index (χ2v) is 6.35. The number of hydrogen-bond donors (Lipinski definition) is 2. The maximum Gasteiger partial charge on any atom is 0.303 e. The summed E-state index contributed by atoms with van der Waals surface area (Å²) in [7, 11) is 2.08. The first-order valence-corrected chi connectivity index (χ1v) is 8.69. The average molecular weight is 354 g/mol. The Morgan fingerprint density at radius 3 is 2.38 bits per heavy atom. The SMILES string of the molecule is CN1C=CN(Cc2ccccc2)C1.O=C(O)CCCc1cccc(O)c1. The molecule has 5 heteroatoms.